The lowest BCUT2D eigenvalue weighted by atomic mass is 10.1. The van der Waals surface area contributed by atoms with Crippen molar-refractivity contribution in [3.05, 3.63) is 34.1 Å². The number of nitrogens with zero attached hydrogens (tertiary/aromatic N) is 2. The van der Waals surface area contributed by atoms with Crippen molar-refractivity contribution in [2.75, 3.05) is 6.54 Å². The molecule has 0 aliphatic carbocycles. The lowest BCUT2D eigenvalue weighted by molar-refractivity contribution is 0.327. The van der Waals surface area contributed by atoms with E-state index in [1.807, 2.05) is 0 Å². The van der Waals surface area contributed by atoms with Crippen molar-refractivity contribution in [1.29, 1.82) is 0 Å². The summed E-state index contributed by atoms with van der Waals surface area (Å²) in [7, 11) is 0. The first-order valence-corrected chi connectivity index (χ1v) is 7.51. The largest absolute Gasteiger partial charge is 0.337 e. The Bertz CT molecular complexity index is 572. The van der Waals surface area contributed by atoms with Crippen LogP contribution in [-0.2, 0) is 0 Å². The summed E-state index contributed by atoms with van der Waals surface area (Å²) in [5.74, 6) is 1.16. The molecule has 3 rings (SSSR count). The molecular formula is C14H15Cl2N3O. The third-order valence-electron chi connectivity index (χ3n) is 3.42. The maximum absolute atomic E-state index is 5.99. The van der Waals surface area contributed by atoms with Gasteiger partial charge in [0.25, 0.3) is 0 Å². The molecular weight excluding hydrogens is 297 g/mol. The molecule has 6 heteroatoms. The van der Waals surface area contributed by atoms with E-state index >= 15 is 0 Å². The van der Waals surface area contributed by atoms with Gasteiger partial charge in [0.2, 0.25) is 11.7 Å². The lowest BCUT2D eigenvalue weighted by Crippen LogP contribution is -2.20. The summed E-state index contributed by atoms with van der Waals surface area (Å²) >= 11 is 12.0. The number of rotatable bonds is 2. The molecule has 1 aliphatic rings. The third kappa shape index (κ3) is 3.14. The Morgan fingerprint density at radius 3 is 2.70 bits per heavy atom. The fourth-order valence-electron chi connectivity index (χ4n) is 2.42. The zero-order valence-electron chi connectivity index (χ0n) is 10.9. The maximum Gasteiger partial charge on any atom is 0.244 e. The van der Waals surface area contributed by atoms with Crippen molar-refractivity contribution in [3.8, 4) is 11.4 Å². The molecule has 0 amide bonds. The first kappa shape index (κ1) is 13.9. The van der Waals surface area contributed by atoms with E-state index in [0.29, 0.717) is 21.8 Å². The number of hydrogen-bond donors (Lipinski definition) is 1. The Kier molecular flexibility index (Phi) is 4.24. The van der Waals surface area contributed by atoms with Gasteiger partial charge in [-0.3, -0.25) is 0 Å². The highest BCUT2D eigenvalue weighted by atomic mass is 35.5. The minimum absolute atomic E-state index is 0.147. The van der Waals surface area contributed by atoms with Crippen molar-refractivity contribution >= 4 is 23.2 Å². The molecule has 106 valence electrons. The highest BCUT2D eigenvalue weighted by molar-refractivity contribution is 6.35. The smallest absolute Gasteiger partial charge is 0.244 e. The molecule has 0 radical (unpaired) electrons. The predicted molar refractivity (Wildman–Crippen MR) is 79.0 cm³/mol. The molecule has 1 aliphatic heterocycles. The van der Waals surface area contributed by atoms with Crippen LogP contribution in [0.3, 0.4) is 0 Å². The zero-order valence-corrected chi connectivity index (χ0v) is 12.4. The van der Waals surface area contributed by atoms with Crippen LogP contribution in [0.4, 0.5) is 0 Å². The molecule has 1 aromatic carbocycles. The molecule has 20 heavy (non-hydrogen) atoms. The van der Waals surface area contributed by atoms with Gasteiger partial charge in [-0.05, 0) is 37.6 Å². The second-order valence-corrected chi connectivity index (χ2v) is 5.84. The molecule has 0 spiro atoms. The van der Waals surface area contributed by atoms with Gasteiger partial charge >= 0.3 is 0 Å². The molecule has 0 bridgehead atoms. The predicted octanol–water partition coefficient (Wildman–Crippen LogP) is 4.25. The fraction of sp³-hybridized carbons (Fsp3) is 0.429. The second kappa shape index (κ2) is 6.12. The summed E-state index contributed by atoms with van der Waals surface area (Å²) in [6.07, 6.45) is 4.64. The normalized spacial score (nSPS) is 19.8. The Morgan fingerprint density at radius 2 is 1.90 bits per heavy atom. The molecule has 1 aromatic heterocycles. The SMILES string of the molecule is Clc1cc(Cl)cc(-c2noc(C3CCCCCN3)n2)c1. The standard InChI is InChI=1S/C14H15Cl2N3O/c15-10-6-9(7-11(16)8-10)13-18-14(20-19-13)12-4-2-1-3-5-17-12/h6-8,12,17H,1-5H2. The van der Waals surface area contributed by atoms with Crippen LogP contribution in [0.1, 0.15) is 37.6 Å². The Balaban J connectivity index is 1.85. The van der Waals surface area contributed by atoms with Crippen LogP contribution in [-0.4, -0.2) is 16.7 Å². The average molecular weight is 312 g/mol. The lowest BCUT2D eigenvalue weighted by Gasteiger charge is -2.09. The highest BCUT2D eigenvalue weighted by Crippen LogP contribution is 2.27. The van der Waals surface area contributed by atoms with E-state index in [9.17, 15) is 0 Å². The Labute approximate surface area is 127 Å². The maximum atomic E-state index is 5.99. The van der Waals surface area contributed by atoms with Gasteiger partial charge in [-0.25, -0.2) is 0 Å². The first-order chi connectivity index (χ1) is 9.72. The molecule has 1 saturated heterocycles. The average Bonchev–Trinajstić information content (AvgIpc) is 2.74. The number of benzene rings is 1. The number of aromatic nitrogens is 2. The Hall–Kier alpha value is -1.10. The number of hydrogen-bond acceptors (Lipinski definition) is 4. The summed E-state index contributed by atoms with van der Waals surface area (Å²) in [5.41, 5.74) is 0.770. The van der Waals surface area contributed by atoms with Gasteiger partial charge in [-0.1, -0.05) is 41.2 Å². The van der Waals surface area contributed by atoms with Crippen molar-refractivity contribution in [3.63, 3.8) is 0 Å². The van der Waals surface area contributed by atoms with E-state index in [0.717, 1.165) is 18.5 Å². The Morgan fingerprint density at radius 1 is 1.10 bits per heavy atom. The van der Waals surface area contributed by atoms with Gasteiger partial charge < -0.3 is 9.84 Å². The summed E-state index contributed by atoms with van der Waals surface area (Å²) in [5, 5.41) is 8.59. The van der Waals surface area contributed by atoms with Crippen LogP contribution in [0.25, 0.3) is 11.4 Å². The second-order valence-electron chi connectivity index (χ2n) is 4.97. The topological polar surface area (TPSA) is 51.0 Å². The first-order valence-electron chi connectivity index (χ1n) is 6.76. The van der Waals surface area contributed by atoms with E-state index in [2.05, 4.69) is 15.5 Å². The van der Waals surface area contributed by atoms with Gasteiger partial charge in [0.05, 0.1) is 6.04 Å². The molecule has 1 fully saturated rings. The van der Waals surface area contributed by atoms with Crippen LogP contribution < -0.4 is 5.32 Å². The van der Waals surface area contributed by atoms with Gasteiger partial charge in [0, 0.05) is 15.6 Å². The van der Waals surface area contributed by atoms with Gasteiger partial charge in [-0.2, -0.15) is 4.98 Å². The van der Waals surface area contributed by atoms with Crippen LogP contribution in [0.5, 0.6) is 0 Å². The molecule has 2 aromatic rings. The summed E-state index contributed by atoms with van der Waals surface area (Å²) in [6, 6.07) is 5.39. The van der Waals surface area contributed by atoms with Crippen molar-refractivity contribution in [1.82, 2.24) is 15.5 Å². The summed E-state index contributed by atoms with van der Waals surface area (Å²) in [4.78, 5) is 4.47. The van der Waals surface area contributed by atoms with Crippen LogP contribution in [0.15, 0.2) is 22.7 Å². The van der Waals surface area contributed by atoms with E-state index in [4.69, 9.17) is 27.7 Å². The van der Waals surface area contributed by atoms with E-state index in [-0.39, 0.29) is 6.04 Å². The summed E-state index contributed by atoms with van der Waals surface area (Å²) in [6.45, 7) is 0.991. The van der Waals surface area contributed by atoms with Crippen molar-refractivity contribution < 1.29 is 4.52 Å². The molecule has 1 atom stereocenters. The number of nitrogens with one attached hydrogen (secondary N) is 1. The van der Waals surface area contributed by atoms with Crippen molar-refractivity contribution in [2.45, 2.75) is 31.7 Å². The quantitative estimate of drug-likeness (QED) is 0.901. The zero-order chi connectivity index (χ0) is 13.9. The summed E-state index contributed by atoms with van der Waals surface area (Å²) < 4.78 is 5.38. The van der Waals surface area contributed by atoms with E-state index in [1.165, 1.54) is 19.3 Å². The van der Waals surface area contributed by atoms with Gasteiger partial charge in [-0.15, -0.1) is 0 Å². The fourth-order valence-corrected chi connectivity index (χ4v) is 2.94. The monoisotopic (exact) mass is 311 g/mol. The highest BCUT2D eigenvalue weighted by Gasteiger charge is 2.20. The van der Waals surface area contributed by atoms with Gasteiger partial charge in [0.15, 0.2) is 0 Å². The molecule has 1 N–H and O–H groups in total. The minimum atomic E-state index is 0.147. The molecule has 4 nitrogen and oxygen atoms in total. The van der Waals surface area contributed by atoms with Crippen LogP contribution >= 0.6 is 23.2 Å². The third-order valence-corrected chi connectivity index (χ3v) is 3.86. The molecule has 1 unspecified atom stereocenters. The van der Waals surface area contributed by atoms with E-state index < -0.39 is 0 Å². The van der Waals surface area contributed by atoms with E-state index in [1.54, 1.807) is 18.2 Å². The van der Waals surface area contributed by atoms with Crippen LogP contribution in [0.2, 0.25) is 10.0 Å². The molecule has 2 heterocycles. The van der Waals surface area contributed by atoms with Crippen molar-refractivity contribution in [2.24, 2.45) is 0 Å². The minimum Gasteiger partial charge on any atom is -0.337 e. The number of halogens is 2. The van der Waals surface area contributed by atoms with Gasteiger partial charge in [0.1, 0.15) is 0 Å². The van der Waals surface area contributed by atoms with Crippen LogP contribution in [0, 0.1) is 0 Å². The molecule has 0 saturated carbocycles.